The second-order valence-electron chi connectivity index (χ2n) is 3.38. The number of aryl methyl sites for hydroxylation is 1. The maximum absolute atomic E-state index is 5.93. The van der Waals surface area contributed by atoms with Gasteiger partial charge in [0, 0.05) is 30.4 Å². The number of hydrogen-bond acceptors (Lipinski definition) is 2. The summed E-state index contributed by atoms with van der Waals surface area (Å²) < 4.78 is 1.95. The van der Waals surface area contributed by atoms with Gasteiger partial charge in [-0.2, -0.15) is 0 Å². The van der Waals surface area contributed by atoms with Gasteiger partial charge in [0.25, 0.3) is 0 Å². The lowest BCUT2D eigenvalue weighted by molar-refractivity contribution is 0.921. The van der Waals surface area contributed by atoms with Crippen molar-refractivity contribution in [3.8, 4) is 11.4 Å². The Morgan fingerprint density at radius 1 is 1.47 bits per heavy atom. The maximum atomic E-state index is 5.93. The van der Waals surface area contributed by atoms with E-state index in [1.807, 2.05) is 42.1 Å². The van der Waals surface area contributed by atoms with Crippen molar-refractivity contribution in [2.75, 3.05) is 0 Å². The van der Waals surface area contributed by atoms with Gasteiger partial charge < -0.3 is 10.3 Å². The largest absolute Gasteiger partial charge is 0.334 e. The summed E-state index contributed by atoms with van der Waals surface area (Å²) in [7, 11) is 1.95. The van der Waals surface area contributed by atoms with E-state index in [4.69, 9.17) is 17.3 Å². The molecule has 15 heavy (non-hydrogen) atoms. The molecular formula is C11H12ClN3. The number of rotatable bonds is 2. The lowest BCUT2D eigenvalue weighted by Crippen LogP contribution is -1.95. The second-order valence-corrected chi connectivity index (χ2v) is 3.82. The Balaban J connectivity index is 2.48. The zero-order valence-corrected chi connectivity index (χ0v) is 9.20. The third-order valence-electron chi connectivity index (χ3n) is 2.22. The first kappa shape index (κ1) is 10.2. The number of hydrogen-bond donors (Lipinski definition) is 1. The number of halogens is 1. The Morgan fingerprint density at radius 3 is 2.87 bits per heavy atom. The van der Waals surface area contributed by atoms with E-state index in [0.29, 0.717) is 11.6 Å². The normalized spacial score (nSPS) is 10.6. The topological polar surface area (TPSA) is 43.8 Å². The number of imidazole rings is 1. The average molecular weight is 222 g/mol. The molecule has 1 aromatic carbocycles. The molecule has 0 aliphatic carbocycles. The highest BCUT2D eigenvalue weighted by molar-refractivity contribution is 6.30. The van der Waals surface area contributed by atoms with Gasteiger partial charge in [-0.15, -0.1) is 0 Å². The molecule has 0 aliphatic heterocycles. The van der Waals surface area contributed by atoms with Crippen LogP contribution in [-0.2, 0) is 13.6 Å². The number of aromatic nitrogens is 2. The van der Waals surface area contributed by atoms with Crippen LogP contribution in [0.25, 0.3) is 11.4 Å². The van der Waals surface area contributed by atoms with Crippen molar-refractivity contribution in [1.82, 2.24) is 9.55 Å². The van der Waals surface area contributed by atoms with Crippen molar-refractivity contribution < 1.29 is 0 Å². The fourth-order valence-corrected chi connectivity index (χ4v) is 1.71. The van der Waals surface area contributed by atoms with Crippen LogP contribution in [0.1, 0.15) is 5.69 Å². The van der Waals surface area contributed by atoms with Crippen molar-refractivity contribution >= 4 is 11.6 Å². The highest BCUT2D eigenvalue weighted by atomic mass is 35.5. The molecule has 0 amide bonds. The van der Waals surface area contributed by atoms with Gasteiger partial charge in [-0.1, -0.05) is 23.7 Å². The summed E-state index contributed by atoms with van der Waals surface area (Å²) in [6.45, 7) is 0.453. The number of nitrogens with two attached hydrogens (primary N) is 1. The first-order chi connectivity index (χ1) is 7.20. The summed E-state index contributed by atoms with van der Waals surface area (Å²) in [4.78, 5) is 4.42. The van der Waals surface area contributed by atoms with Crippen LogP contribution in [0, 0.1) is 0 Å². The highest BCUT2D eigenvalue weighted by Crippen LogP contribution is 2.21. The summed E-state index contributed by atoms with van der Waals surface area (Å²) >= 11 is 5.93. The van der Waals surface area contributed by atoms with Crippen molar-refractivity contribution in [2.45, 2.75) is 6.54 Å². The Bertz CT molecular complexity index is 476. The van der Waals surface area contributed by atoms with Crippen LogP contribution in [0.3, 0.4) is 0 Å². The van der Waals surface area contributed by atoms with Gasteiger partial charge in [0.05, 0.1) is 5.69 Å². The molecule has 1 aromatic heterocycles. The summed E-state index contributed by atoms with van der Waals surface area (Å²) in [6.07, 6.45) is 1.93. The molecule has 0 radical (unpaired) electrons. The minimum Gasteiger partial charge on any atom is -0.334 e. The zero-order chi connectivity index (χ0) is 10.8. The molecule has 2 rings (SSSR count). The second kappa shape index (κ2) is 4.04. The molecule has 1 heterocycles. The molecule has 3 nitrogen and oxygen atoms in total. The summed E-state index contributed by atoms with van der Waals surface area (Å²) in [5.74, 6) is 0.887. The van der Waals surface area contributed by atoms with Crippen LogP contribution in [-0.4, -0.2) is 9.55 Å². The third kappa shape index (κ3) is 2.03. The highest BCUT2D eigenvalue weighted by Gasteiger charge is 2.06. The molecule has 2 N–H and O–H groups in total. The first-order valence-corrected chi connectivity index (χ1v) is 5.07. The molecule has 0 aliphatic rings. The minimum atomic E-state index is 0.453. The fourth-order valence-electron chi connectivity index (χ4n) is 1.52. The van der Waals surface area contributed by atoms with E-state index in [2.05, 4.69) is 4.98 Å². The smallest absolute Gasteiger partial charge is 0.140 e. The maximum Gasteiger partial charge on any atom is 0.140 e. The van der Waals surface area contributed by atoms with Crippen LogP contribution >= 0.6 is 11.6 Å². The molecule has 4 heteroatoms. The number of nitrogens with zero attached hydrogens (tertiary/aromatic N) is 2. The van der Waals surface area contributed by atoms with E-state index in [1.54, 1.807) is 0 Å². The fraction of sp³-hybridized carbons (Fsp3) is 0.182. The van der Waals surface area contributed by atoms with Crippen LogP contribution < -0.4 is 5.73 Å². The summed E-state index contributed by atoms with van der Waals surface area (Å²) in [5.41, 5.74) is 7.42. The molecule has 0 saturated carbocycles. The monoisotopic (exact) mass is 221 g/mol. The Labute approximate surface area is 93.5 Å². The standard InChI is InChI=1S/C11H12ClN3/c1-15-7-10(6-13)14-11(15)8-3-2-4-9(12)5-8/h2-5,7H,6,13H2,1H3. The lowest BCUT2D eigenvalue weighted by atomic mass is 10.2. The molecule has 0 unspecified atom stereocenters. The summed E-state index contributed by atoms with van der Waals surface area (Å²) in [6, 6.07) is 7.63. The molecule has 0 atom stereocenters. The van der Waals surface area contributed by atoms with Crippen molar-refractivity contribution in [1.29, 1.82) is 0 Å². The van der Waals surface area contributed by atoms with Crippen LogP contribution in [0.5, 0.6) is 0 Å². The Morgan fingerprint density at radius 2 is 2.27 bits per heavy atom. The van der Waals surface area contributed by atoms with Gasteiger partial charge in [0.15, 0.2) is 0 Å². The quantitative estimate of drug-likeness (QED) is 0.845. The van der Waals surface area contributed by atoms with Crippen LogP contribution in [0.15, 0.2) is 30.5 Å². The van der Waals surface area contributed by atoms with Crippen molar-refractivity contribution in [3.05, 3.63) is 41.2 Å². The van der Waals surface area contributed by atoms with Gasteiger partial charge in [0.1, 0.15) is 5.82 Å². The predicted molar refractivity (Wildman–Crippen MR) is 61.5 cm³/mol. The van der Waals surface area contributed by atoms with E-state index < -0.39 is 0 Å². The Kier molecular flexibility index (Phi) is 2.75. The van der Waals surface area contributed by atoms with Gasteiger partial charge in [-0.25, -0.2) is 4.98 Å². The molecular weight excluding hydrogens is 210 g/mol. The van der Waals surface area contributed by atoms with E-state index >= 15 is 0 Å². The minimum absolute atomic E-state index is 0.453. The van der Waals surface area contributed by atoms with Gasteiger partial charge in [0.2, 0.25) is 0 Å². The van der Waals surface area contributed by atoms with Crippen molar-refractivity contribution in [3.63, 3.8) is 0 Å². The SMILES string of the molecule is Cn1cc(CN)nc1-c1cccc(Cl)c1. The molecule has 0 bridgehead atoms. The summed E-state index contributed by atoms with van der Waals surface area (Å²) in [5, 5.41) is 0.713. The third-order valence-corrected chi connectivity index (χ3v) is 2.45. The molecule has 0 fully saturated rings. The molecule has 2 aromatic rings. The molecule has 78 valence electrons. The first-order valence-electron chi connectivity index (χ1n) is 4.69. The van der Waals surface area contributed by atoms with Gasteiger partial charge in [-0.3, -0.25) is 0 Å². The van der Waals surface area contributed by atoms with Crippen LogP contribution in [0.2, 0.25) is 5.02 Å². The predicted octanol–water partition coefficient (Wildman–Crippen LogP) is 2.20. The van der Waals surface area contributed by atoms with Gasteiger partial charge in [-0.05, 0) is 12.1 Å². The Hall–Kier alpha value is -1.32. The number of benzene rings is 1. The van der Waals surface area contributed by atoms with Crippen LogP contribution in [0.4, 0.5) is 0 Å². The molecule has 0 saturated heterocycles. The van der Waals surface area contributed by atoms with Gasteiger partial charge >= 0.3 is 0 Å². The van der Waals surface area contributed by atoms with E-state index in [9.17, 15) is 0 Å². The zero-order valence-electron chi connectivity index (χ0n) is 8.44. The van der Waals surface area contributed by atoms with E-state index in [0.717, 1.165) is 17.1 Å². The van der Waals surface area contributed by atoms with E-state index in [1.165, 1.54) is 0 Å². The molecule has 0 spiro atoms. The van der Waals surface area contributed by atoms with E-state index in [-0.39, 0.29) is 0 Å². The lowest BCUT2D eigenvalue weighted by Gasteiger charge is -2.01. The average Bonchev–Trinajstić information content (AvgIpc) is 2.60. The van der Waals surface area contributed by atoms with Crippen molar-refractivity contribution in [2.24, 2.45) is 12.8 Å².